The van der Waals surface area contributed by atoms with Crippen LogP contribution in [0.3, 0.4) is 0 Å². The van der Waals surface area contributed by atoms with Crippen LogP contribution in [-0.2, 0) is 0 Å². The average molecular weight is 286 g/mol. The van der Waals surface area contributed by atoms with Crippen molar-refractivity contribution in [2.24, 2.45) is 0 Å². The van der Waals surface area contributed by atoms with E-state index < -0.39 is 0 Å². The fourth-order valence-corrected chi connectivity index (χ4v) is 2.54. The Morgan fingerprint density at radius 3 is 2.43 bits per heavy atom. The lowest BCUT2D eigenvalue weighted by Gasteiger charge is -2.20. The van der Waals surface area contributed by atoms with E-state index >= 15 is 0 Å². The number of nitrogens with zero attached hydrogens (tertiary/aromatic N) is 1. The average Bonchev–Trinajstić information content (AvgIpc) is 2.49. The molecule has 4 heteroatoms. The smallest absolute Gasteiger partial charge is 0.257 e. The Balaban J connectivity index is 2.54. The molecule has 0 heterocycles. The number of phenols is 1. The Morgan fingerprint density at radius 1 is 1.10 bits per heavy atom. The van der Waals surface area contributed by atoms with Crippen molar-refractivity contribution >= 4 is 22.4 Å². The van der Waals surface area contributed by atoms with Gasteiger partial charge in [-0.2, -0.15) is 0 Å². The molecule has 0 fully saturated rings. The highest BCUT2D eigenvalue weighted by atomic mass is 16.3. The van der Waals surface area contributed by atoms with Crippen molar-refractivity contribution in [1.82, 2.24) is 4.90 Å². The summed E-state index contributed by atoms with van der Waals surface area (Å²) in [4.78, 5) is 14.1. The van der Waals surface area contributed by atoms with E-state index in [2.05, 4.69) is 5.32 Å². The molecule has 4 nitrogen and oxygen atoms in total. The molecule has 0 radical (unpaired) electrons. The topological polar surface area (TPSA) is 52.6 Å². The zero-order valence-corrected chi connectivity index (χ0v) is 12.8. The van der Waals surface area contributed by atoms with Gasteiger partial charge in [-0.15, -0.1) is 0 Å². The molecule has 0 aliphatic heterocycles. The largest absolute Gasteiger partial charge is 0.506 e. The Labute approximate surface area is 125 Å². The van der Waals surface area contributed by atoms with Crippen molar-refractivity contribution in [3.05, 3.63) is 35.9 Å². The molecule has 112 valence electrons. The van der Waals surface area contributed by atoms with Gasteiger partial charge in [0.05, 0.1) is 5.56 Å². The molecule has 2 N–H and O–H groups in total. The van der Waals surface area contributed by atoms with Crippen LogP contribution in [0.5, 0.6) is 5.75 Å². The van der Waals surface area contributed by atoms with Crippen LogP contribution in [0.25, 0.3) is 10.8 Å². The first-order valence-corrected chi connectivity index (χ1v) is 7.41. The van der Waals surface area contributed by atoms with Gasteiger partial charge in [-0.3, -0.25) is 4.79 Å². The van der Waals surface area contributed by atoms with Gasteiger partial charge in [-0.1, -0.05) is 18.2 Å². The van der Waals surface area contributed by atoms with Crippen LogP contribution < -0.4 is 5.32 Å². The fourth-order valence-electron chi connectivity index (χ4n) is 2.54. The zero-order chi connectivity index (χ0) is 15.4. The highest BCUT2D eigenvalue weighted by Gasteiger charge is 2.18. The van der Waals surface area contributed by atoms with Crippen LogP contribution in [-0.4, -0.2) is 35.5 Å². The summed E-state index contributed by atoms with van der Waals surface area (Å²) in [5.41, 5.74) is 1.33. The standard InChI is InChI=1S/C17H22N2O2/c1-4-18-15-9-7-8-13-12(15)10-11-14(16(13)20)17(21)19(5-2)6-3/h7-11,18,20H,4-6H2,1-3H3. The summed E-state index contributed by atoms with van der Waals surface area (Å²) in [6.45, 7) is 7.96. The number of amides is 1. The molecule has 0 saturated heterocycles. The summed E-state index contributed by atoms with van der Waals surface area (Å²) in [5.74, 6) is -0.0718. The predicted octanol–water partition coefficient (Wildman–Crippen LogP) is 3.46. The minimum Gasteiger partial charge on any atom is -0.506 e. The van der Waals surface area contributed by atoms with E-state index in [1.807, 2.05) is 45.0 Å². The number of hydrogen-bond donors (Lipinski definition) is 2. The molecule has 0 atom stereocenters. The molecule has 2 aromatic carbocycles. The molecule has 21 heavy (non-hydrogen) atoms. The minimum absolute atomic E-state index is 0.0594. The van der Waals surface area contributed by atoms with E-state index in [0.717, 1.165) is 17.6 Å². The first-order chi connectivity index (χ1) is 10.1. The zero-order valence-electron chi connectivity index (χ0n) is 12.8. The highest BCUT2D eigenvalue weighted by molar-refractivity contribution is 6.06. The van der Waals surface area contributed by atoms with E-state index in [-0.39, 0.29) is 11.7 Å². The van der Waals surface area contributed by atoms with Gasteiger partial charge in [0.1, 0.15) is 5.75 Å². The number of rotatable bonds is 5. The van der Waals surface area contributed by atoms with Crippen LogP contribution >= 0.6 is 0 Å². The lowest BCUT2D eigenvalue weighted by atomic mass is 10.0. The van der Waals surface area contributed by atoms with Crippen molar-refractivity contribution in [2.45, 2.75) is 20.8 Å². The van der Waals surface area contributed by atoms with Crippen molar-refractivity contribution in [2.75, 3.05) is 25.0 Å². The quantitative estimate of drug-likeness (QED) is 0.885. The van der Waals surface area contributed by atoms with E-state index in [9.17, 15) is 9.90 Å². The number of carbonyl (C=O) groups is 1. The maximum Gasteiger partial charge on any atom is 0.257 e. The molecule has 0 aromatic heterocycles. The fraction of sp³-hybridized carbons (Fsp3) is 0.353. The van der Waals surface area contributed by atoms with Crippen molar-refractivity contribution in [1.29, 1.82) is 0 Å². The van der Waals surface area contributed by atoms with E-state index in [1.54, 1.807) is 11.0 Å². The highest BCUT2D eigenvalue weighted by Crippen LogP contribution is 2.33. The maximum atomic E-state index is 12.4. The predicted molar refractivity (Wildman–Crippen MR) is 87.0 cm³/mol. The van der Waals surface area contributed by atoms with E-state index in [1.165, 1.54) is 0 Å². The van der Waals surface area contributed by atoms with Gasteiger partial charge in [0, 0.05) is 36.1 Å². The number of fused-ring (bicyclic) bond motifs is 1. The number of phenolic OH excluding ortho intramolecular Hbond substituents is 1. The molecule has 1 amide bonds. The third kappa shape index (κ3) is 2.79. The number of nitrogens with one attached hydrogen (secondary N) is 1. The number of benzene rings is 2. The third-order valence-corrected chi connectivity index (χ3v) is 3.68. The second-order valence-electron chi connectivity index (χ2n) is 4.87. The second-order valence-corrected chi connectivity index (χ2v) is 4.87. The van der Waals surface area contributed by atoms with Gasteiger partial charge in [0.2, 0.25) is 0 Å². The van der Waals surface area contributed by atoms with Gasteiger partial charge < -0.3 is 15.3 Å². The van der Waals surface area contributed by atoms with Crippen molar-refractivity contribution in [3.8, 4) is 5.75 Å². The molecule has 0 aliphatic carbocycles. The normalized spacial score (nSPS) is 10.6. The maximum absolute atomic E-state index is 12.4. The molecular formula is C17H22N2O2. The summed E-state index contributed by atoms with van der Waals surface area (Å²) in [5, 5.41) is 15.4. The molecule has 2 rings (SSSR count). The molecule has 2 aromatic rings. The van der Waals surface area contributed by atoms with Crippen molar-refractivity contribution < 1.29 is 9.90 Å². The molecule has 0 saturated carbocycles. The SMILES string of the molecule is CCNc1cccc2c(O)c(C(=O)N(CC)CC)ccc12. The Kier molecular flexibility index (Phi) is 4.68. The molecule has 0 spiro atoms. The number of carbonyl (C=O) groups excluding carboxylic acids is 1. The van der Waals surface area contributed by atoms with Crippen LogP contribution in [0.4, 0.5) is 5.69 Å². The number of aromatic hydroxyl groups is 1. The van der Waals surface area contributed by atoms with Gasteiger partial charge >= 0.3 is 0 Å². The molecule has 0 bridgehead atoms. The van der Waals surface area contributed by atoms with Crippen LogP contribution in [0.1, 0.15) is 31.1 Å². The van der Waals surface area contributed by atoms with Crippen LogP contribution in [0.2, 0.25) is 0 Å². The van der Waals surface area contributed by atoms with Gasteiger partial charge in [0.25, 0.3) is 5.91 Å². The summed E-state index contributed by atoms with van der Waals surface area (Å²) >= 11 is 0. The summed E-state index contributed by atoms with van der Waals surface area (Å²) < 4.78 is 0. The van der Waals surface area contributed by atoms with Crippen molar-refractivity contribution in [3.63, 3.8) is 0 Å². The summed E-state index contributed by atoms with van der Waals surface area (Å²) in [7, 11) is 0. The first kappa shape index (κ1) is 15.2. The lowest BCUT2D eigenvalue weighted by Crippen LogP contribution is -2.30. The Bertz CT molecular complexity index is 649. The number of hydrogen-bond acceptors (Lipinski definition) is 3. The molecule has 0 unspecified atom stereocenters. The lowest BCUT2D eigenvalue weighted by molar-refractivity contribution is 0.0770. The summed E-state index contributed by atoms with van der Waals surface area (Å²) in [6, 6.07) is 9.29. The number of anilines is 1. The van der Waals surface area contributed by atoms with E-state index in [4.69, 9.17) is 0 Å². The van der Waals surface area contributed by atoms with Gasteiger partial charge in [-0.25, -0.2) is 0 Å². The van der Waals surface area contributed by atoms with Gasteiger partial charge in [0.15, 0.2) is 0 Å². The Morgan fingerprint density at radius 2 is 1.81 bits per heavy atom. The van der Waals surface area contributed by atoms with E-state index in [0.29, 0.717) is 24.0 Å². The minimum atomic E-state index is -0.131. The second kappa shape index (κ2) is 6.48. The van der Waals surface area contributed by atoms with Crippen LogP contribution in [0.15, 0.2) is 30.3 Å². The molecular weight excluding hydrogens is 264 g/mol. The van der Waals surface area contributed by atoms with Crippen LogP contribution in [0, 0.1) is 0 Å². The summed E-state index contributed by atoms with van der Waals surface area (Å²) in [6.07, 6.45) is 0. The van der Waals surface area contributed by atoms with Gasteiger partial charge in [-0.05, 0) is 32.9 Å². The monoisotopic (exact) mass is 286 g/mol. The first-order valence-electron chi connectivity index (χ1n) is 7.41. The Hall–Kier alpha value is -2.23. The molecule has 0 aliphatic rings. The third-order valence-electron chi connectivity index (χ3n) is 3.68.